The monoisotopic (exact) mass is 164 g/mol. The Morgan fingerprint density at radius 2 is 2.25 bits per heavy atom. The fourth-order valence-corrected chi connectivity index (χ4v) is 2.42. The lowest BCUT2D eigenvalue weighted by Gasteiger charge is -2.03. The number of rotatable bonds is 0. The Morgan fingerprint density at radius 3 is 3.00 bits per heavy atom. The second kappa shape index (κ2) is 2.83. The quantitative estimate of drug-likeness (QED) is 0.394. The minimum Gasteiger partial charge on any atom is -0.362 e. The van der Waals surface area contributed by atoms with Gasteiger partial charge in [0.15, 0.2) is 0 Å². The van der Waals surface area contributed by atoms with E-state index in [4.69, 9.17) is 5.53 Å². The summed E-state index contributed by atoms with van der Waals surface area (Å²) in [6, 6.07) is 0. The molecule has 12 heavy (non-hydrogen) atoms. The van der Waals surface area contributed by atoms with Crippen molar-refractivity contribution in [3.63, 3.8) is 0 Å². The number of ketones is 1. The molecule has 0 N–H and O–H groups in total. The molecular weight excluding hydrogens is 152 g/mol. The van der Waals surface area contributed by atoms with E-state index in [2.05, 4.69) is 4.79 Å². The highest BCUT2D eigenvalue weighted by molar-refractivity contribution is 6.01. The summed E-state index contributed by atoms with van der Waals surface area (Å²) in [6.45, 7) is 0. The number of hydrogen-bond donors (Lipinski definition) is 0. The molecule has 2 saturated carbocycles. The minimum atomic E-state index is 0.245. The highest BCUT2D eigenvalue weighted by Crippen LogP contribution is 2.37. The smallest absolute Gasteiger partial charge is 0.279 e. The third kappa shape index (κ3) is 1.21. The maximum absolute atomic E-state index is 11.3. The SMILES string of the molecule is [N-]=[N+]=C1CC(=O)CC2CCC1C2. The van der Waals surface area contributed by atoms with Crippen molar-refractivity contribution in [2.75, 3.05) is 0 Å². The second-order valence-electron chi connectivity index (χ2n) is 3.89. The normalized spacial score (nSPS) is 34.7. The van der Waals surface area contributed by atoms with Gasteiger partial charge in [-0.05, 0) is 25.2 Å². The van der Waals surface area contributed by atoms with E-state index in [9.17, 15) is 4.79 Å². The van der Waals surface area contributed by atoms with Gasteiger partial charge in [-0.3, -0.25) is 4.79 Å². The molecule has 2 aliphatic rings. The summed E-state index contributed by atoms with van der Waals surface area (Å²) in [7, 11) is 0. The summed E-state index contributed by atoms with van der Waals surface area (Å²) in [4.78, 5) is 14.5. The fourth-order valence-electron chi connectivity index (χ4n) is 2.42. The Labute approximate surface area is 71.4 Å². The van der Waals surface area contributed by atoms with Crippen molar-refractivity contribution in [3.05, 3.63) is 5.53 Å². The topological polar surface area (TPSA) is 53.5 Å². The molecule has 0 saturated heterocycles. The molecule has 0 aromatic heterocycles. The van der Waals surface area contributed by atoms with Crippen LogP contribution in [0.1, 0.15) is 32.1 Å². The van der Waals surface area contributed by atoms with Crippen LogP contribution in [0.25, 0.3) is 5.53 Å². The van der Waals surface area contributed by atoms with E-state index in [0.717, 1.165) is 25.0 Å². The lowest BCUT2D eigenvalue weighted by Crippen LogP contribution is -2.15. The number of Topliss-reactive ketones (excluding diaryl/α,β-unsaturated/α-hetero) is 1. The van der Waals surface area contributed by atoms with Gasteiger partial charge in [-0.15, -0.1) is 0 Å². The molecule has 0 aromatic rings. The van der Waals surface area contributed by atoms with Crippen molar-refractivity contribution in [3.8, 4) is 0 Å². The van der Waals surface area contributed by atoms with Gasteiger partial charge in [0.2, 0.25) is 0 Å². The molecule has 2 unspecified atom stereocenters. The van der Waals surface area contributed by atoms with Crippen LogP contribution >= 0.6 is 0 Å². The van der Waals surface area contributed by atoms with Crippen LogP contribution in [-0.4, -0.2) is 16.3 Å². The third-order valence-electron chi connectivity index (χ3n) is 3.04. The molecule has 64 valence electrons. The van der Waals surface area contributed by atoms with E-state index < -0.39 is 0 Å². The zero-order valence-corrected chi connectivity index (χ0v) is 6.99. The van der Waals surface area contributed by atoms with Crippen LogP contribution in [0.2, 0.25) is 0 Å². The predicted molar refractivity (Wildman–Crippen MR) is 43.7 cm³/mol. The molecule has 0 amide bonds. The summed E-state index contributed by atoms with van der Waals surface area (Å²) in [5.74, 6) is 1.21. The van der Waals surface area contributed by atoms with E-state index in [1.54, 1.807) is 0 Å². The molecule has 2 aliphatic carbocycles. The highest BCUT2D eigenvalue weighted by Gasteiger charge is 2.38. The molecular formula is C9H12N2O. The van der Waals surface area contributed by atoms with Crippen molar-refractivity contribution in [1.82, 2.24) is 0 Å². The van der Waals surface area contributed by atoms with Crippen LogP contribution in [-0.2, 0) is 4.79 Å². The standard InChI is InChI=1S/C9H12N2O/c10-11-9-5-8(12)4-6-1-2-7(9)3-6/h6-7H,1-5H2. The molecule has 0 aliphatic heterocycles. The first-order valence-electron chi connectivity index (χ1n) is 4.52. The summed E-state index contributed by atoms with van der Waals surface area (Å²) in [5, 5.41) is 0. The summed E-state index contributed by atoms with van der Waals surface area (Å²) >= 11 is 0. The number of carbonyl (C=O) groups excluding carboxylic acids is 1. The molecule has 2 bridgehead atoms. The second-order valence-corrected chi connectivity index (χ2v) is 3.89. The van der Waals surface area contributed by atoms with Crippen LogP contribution in [0, 0.1) is 11.8 Å². The zero-order chi connectivity index (χ0) is 8.55. The average Bonchev–Trinajstić information content (AvgIpc) is 2.40. The summed E-state index contributed by atoms with van der Waals surface area (Å²) in [6.07, 6.45) is 4.39. The number of carbonyl (C=O) groups is 1. The number of hydrogen-bond acceptors (Lipinski definition) is 1. The largest absolute Gasteiger partial charge is 0.362 e. The average molecular weight is 164 g/mol. The van der Waals surface area contributed by atoms with Crippen LogP contribution in [0.15, 0.2) is 0 Å². The van der Waals surface area contributed by atoms with Gasteiger partial charge in [0.25, 0.3) is 5.71 Å². The minimum absolute atomic E-state index is 0.245. The van der Waals surface area contributed by atoms with Gasteiger partial charge in [0.1, 0.15) is 12.2 Å². The van der Waals surface area contributed by atoms with Crippen molar-refractivity contribution >= 4 is 11.5 Å². The Hall–Kier alpha value is -0.950. The Kier molecular flexibility index (Phi) is 1.81. The van der Waals surface area contributed by atoms with E-state index >= 15 is 0 Å². The van der Waals surface area contributed by atoms with Gasteiger partial charge in [0, 0.05) is 6.42 Å². The summed E-state index contributed by atoms with van der Waals surface area (Å²) in [5.41, 5.74) is 9.41. The van der Waals surface area contributed by atoms with Crippen molar-refractivity contribution in [1.29, 1.82) is 0 Å². The Bertz CT molecular complexity index is 266. The Balaban J connectivity index is 2.26. The molecule has 0 radical (unpaired) electrons. The van der Waals surface area contributed by atoms with E-state index in [-0.39, 0.29) is 5.78 Å². The van der Waals surface area contributed by atoms with Crippen molar-refractivity contribution in [2.45, 2.75) is 32.1 Å². The van der Waals surface area contributed by atoms with Gasteiger partial charge >= 0.3 is 0 Å². The summed E-state index contributed by atoms with van der Waals surface area (Å²) < 4.78 is 0. The maximum atomic E-state index is 11.3. The van der Waals surface area contributed by atoms with Crippen LogP contribution in [0.3, 0.4) is 0 Å². The van der Waals surface area contributed by atoms with Gasteiger partial charge in [0.05, 0.1) is 5.92 Å². The number of nitrogens with zero attached hydrogens (tertiary/aromatic N) is 2. The molecule has 2 atom stereocenters. The van der Waals surface area contributed by atoms with Crippen LogP contribution in [0.5, 0.6) is 0 Å². The van der Waals surface area contributed by atoms with E-state index in [0.29, 0.717) is 24.7 Å². The molecule has 3 nitrogen and oxygen atoms in total. The molecule has 0 aromatic carbocycles. The third-order valence-corrected chi connectivity index (χ3v) is 3.04. The molecule has 2 fully saturated rings. The first-order chi connectivity index (χ1) is 5.79. The van der Waals surface area contributed by atoms with Crippen molar-refractivity contribution < 1.29 is 9.58 Å². The molecule has 0 spiro atoms. The van der Waals surface area contributed by atoms with Gasteiger partial charge in [-0.25, -0.2) is 0 Å². The highest BCUT2D eigenvalue weighted by atomic mass is 16.1. The van der Waals surface area contributed by atoms with Crippen molar-refractivity contribution in [2.24, 2.45) is 11.8 Å². The molecule has 3 heteroatoms. The molecule has 2 rings (SSSR count). The lowest BCUT2D eigenvalue weighted by atomic mass is 9.98. The first kappa shape index (κ1) is 7.69. The predicted octanol–water partition coefficient (Wildman–Crippen LogP) is 1.44. The van der Waals surface area contributed by atoms with Gasteiger partial charge in [-0.2, -0.15) is 4.79 Å². The van der Waals surface area contributed by atoms with Gasteiger partial charge in [-0.1, -0.05) is 0 Å². The van der Waals surface area contributed by atoms with Gasteiger partial charge < -0.3 is 5.53 Å². The van der Waals surface area contributed by atoms with E-state index in [1.165, 1.54) is 0 Å². The molecule has 0 heterocycles. The number of fused-ring (bicyclic) bond motifs is 2. The lowest BCUT2D eigenvalue weighted by molar-refractivity contribution is -0.119. The maximum Gasteiger partial charge on any atom is 0.279 e. The zero-order valence-electron chi connectivity index (χ0n) is 6.99. The fraction of sp³-hybridized carbons (Fsp3) is 0.778. The Morgan fingerprint density at radius 1 is 1.42 bits per heavy atom. The van der Waals surface area contributed by atoms with Crippen LogP contribution in [0.4, 0.5) is 0 Å². The van der Waals surface area contributed by atoms with Crippen LogP contribution < -0.4 is 0 Å². The van der Waals surface area contributed by atoms with E-state index in [1.807, 2.05) is 0 Å². The first-order valence-corrected chi connectivity index (χ1v) is 4.52.